The molecule has 2 unspecified atom stereocenters. The minimum absolute atomic E-state index is 0.0319. The van der Waals surface area contributed by atoms with Gasteiger partial charge in [-0.05, 0) is 141 Å². The van der Waals surface area contributed by atoms with Crippen molar-refractivity contribution in [2.24, 2.45) is 5.41 Å². The number of hydrogen-bond donors (Lipinski definition) is 7. The Kier molecular flexibility index (Phi) is 18.7. The van der Waals surface area contributed by atoms with Crippen molar-refractivity contribution >= 4 is 35.4 Å². The summed E-state index contributed by atoms with van der Waals surface area (Å²) in [5.74, 6) is -1.00. The zero-order valence-electron chi connectivity index (χ0n) is 48.0. The first-order valence-corrected chi connectivity index (χ1v) is 28.9. The Morgan fingerprint density at radius 1 is 0.630 bits per heavy atom. The van der Waals surface area contributed by atoms with Crippen molar-refractivity contribution in [3.8, 4) is 5.75 Å². The van der Waals surface area contributed by atoms with Gasteiger partial charge in [0.05, 0.1) is 30.3 Å². The van der Waals surface area contributed by atoms with Gasteiger partial charge < -0.3 is 46.4 Å². The molecule has 1 saturated heterocycles. The molecule has 0 spiro atoms. The average Bonchev–Trinajstić information content (AvgIpc) is 3.93. The topological polar surface area (TPSA) is 202 Å². The first-order valence-electron chi connectivity index (χ1n) is 28.9. The van der Waals surface area contributed by atoms with E-state index in [2.05, 4.69) is 67.5 Å². The second kappa shape index (κ2) is 26.0. The molecule has 16 heteroatoms. The average molecular weight is 1100 g/mol. The van der Waals surface area contributed by atoms with Crippen LogP contribution < -0.4 is 42.0 Å². The Hall–Kier alpha value is -7.40. The highest BCUT2D eigenvalue weighted by atomic mass is 16.5. The molecule has 5 aromatic rings. The minimum atomic E-state index is -0.966. The van der Waals surface area contributed by atoms with E-state index in [4.69, 9.17) is 4.74 Å². The SMILES string of the molecule is CN[C@@H](C)C(=O)N[C@@H](Cc1ccc(OCc2ccc(C(=O)N[C@H]3CC(N[C@@H]4CCCc5ccccc54)N(C(=O)[C@@H](NC(=O)[C@H](C)NC)C(C)(C)C)C3)cc2)cc1)C(=O)N1Cc2ccccc2CC1C(=O)N[C@@H]1CCCc2ccccc21. The first kappa shape index (κ1) is 58.3. The number of carbonyl (C=O) groups excluding carboxylic acids is 6. The molecular weight excluding hydrogens is 1020 g/mol. The quantitative estimate of drug-likeness (QED) is 0.0478. The van der Waals surface area contributed by atoms with Crippen LogP contribution in [0.5, 0.6) is 5.75 Å². The Morgan fingerprint density at radius 2 is 1.20 bits per heavy atom. The van der Waals surface area contributed by atoms with Crippen LogP contribution in [0.15, 0.2) is 121 Å². The first-order chi connectivity index (χ1) is 39.0. The maximum absolute atomic E-state index is 14.9. The van der Waals surface area contributed by atoms with Gasteiger partial charge in [-0.3, -0.25) is 34.1 Å². The molecule has 5 aromatic carbocycles. The minimum Gasteiger partial charge on any atom is -0.489 e. The van der Waals surface area contributed by atoms with E-state index in [1.54, 1.807) is 49.9 Å². The van der Waals surface area contributed by atoms with E-state index in [1.165, 1.54) is 16.7 Å². The van der Waals surface area contributed by atoms with E-state index in [9.17, 15) is 28.8 Å². The molecule has 9 rings (SSSR count). The lowest BCUT2D eigenvalue weighted by Gasteiger charge is -2.39. The predicted octanol–water partition coefficient (Wildman–Crippen LogP) is 6.51. The van der Waals surface area contributed by atoms with Crippen LogP contribution in [-0.4, -0.2) is 108 Å². The van der Waals surface area contributed by atoms with Crippen LogP contribution in [-0.2, 0) is 62.8 Å². The Bertz CT molecular complexity index is 3050. The maximum Gasteiger partial charge on any atom is 0.251 e. The van der Waals surface area contributed by atoms with Gasteiger partial charge in [0.25, 0.3) is 5.91 Å². The van der Waals surface area contributed by atoms with Crippen molar-refractivity contribution in [3.63, 3.8) is 0 Å². The summed E-state index contributed by atoms with van der Waals surface area (Å²) in [6.07, 6.45) is 6.32. The molecule has 0 saturated carbocycles. The lowest BCUT2D eigenvalue weighted by atomic mass is 9.85. The van der Waals surface area contributed by atoms with Crippen molar-refractivity contribution in [2.75, 3.05) is 20.6 Å². The van der Waals surface area contributed by atoms with Crippen LogP contribution in [0.25, 0.3) is 0 Å². The van der Waals surface area contributed by atoms with Crippen LogP contribution >= 0.6 is 0 Å². The summed E-state index contributed by atoms with van der Waals surface area (Å²) < 4.78 is 6.22. The van der Waals surface area contributed by atoms with Gasteiger partial charge in [-0.15, -0.1) is 0 Å². The van der Waals surface area contributed by atoms with Gasteiger partial charge in [0.1, 0.15) is 30.5 Å². The third-order valence-corrected chi connectivity index (χ3v) is 16.9. The fraction of sp³-hybridized carbons (Fsp3) is 0.446. The maximum atomic E-state index is 14.9. The summed E-state index contributed by atoms with van der Waals surface area (Å²) in [4.78, 5) is 88.1. The number of likely N-dealkylation sites (tertiary alicyclic amines) is 1. The summed E-state index contributed by atoms with van der Waals surface area (Å²) in [5, 5.41) is 22.3. The highest BCUT2D eigenvalue weighted by molar-refractivity contribution is 5.95. The van der Waals surface area contributed by atoms with Crippen LogP contribution in [0.1, 0.15) is 134 Å². The van der Waals surface area contributed by atoms with E-state index in [0.717, 1.165) is 66.3 Å². The summed E-state index contributed by atoms with van der Waals surface area (Å²) in [5.41, 5.74) is 8.37. The molecule has 2 aliphatic heterocycles. The van der Waals surface area contributed by atoms with E-state index < -0.39 is 35.6 Å². The largest absolute Gasteiger partial charge is 0.489 e. The smallest absolute Gasteiger partial charge is 0.251 e. The molecular formula is C65H81N9O7. The zero-order valence-corrected chi connectivity index (χ0v) is 48.0. The van der Waals surface area contributed by atoms with Gasteiger partial charge in [0.15, 0.2) is 0 Å². The lowest BCUT2D eigenvalue weighted by molar-refractivity contribution is -0.145. The second-order valence-corrected chi connectivity index (χ2v) is 23.6. The molecule has 428 valence electrons. The molecule has 0 bridgehead atoms. The number of nitrogens with zero attached hydrogens (tertiary/aromatic N) is 2. The van der Waals surface area contributed by atoms with Gasteiger partial charge in [-0.1, -0.05) is 118 Å². The number of carbonyl (C=O) groups is 6. The molecule has 9 atom stereocenters. The number of hydrogen-bond acceptors (Lipinski definition) is 10. The van der Waals surface area contributed by atoms with Gasteiger partial charge in [-0.25, -0.2) is 0 Å². The van der Waals surface area contributed by atoms with Crippen LogP contribution in [0, 0.1) is 5.41 Å². The van der Waals surface area contributed by atoms with Crippen LogP contribution in [0.3, 0.4) is 0 Å². The Labute approximate surface area is 477 Å². The van der Waals surface area contributed by atoms with Crippen molar-refractivity contribution in [1.82, 2.24) is 47.0 Å². The van der Waals surface area contributed by atoms with Crippen molar-refractivity contribution in [3.05, 3.63) is 171 Å². The third kappa shape index (κ3) is 14.0. The van der Waals surface area contributed by atoms with E-state index in [1.807, 2.05) is 99.6 Å². The number of benzene rings is 5. The fourth-order valence-electron chi connectivity index (χ4n) is 11.8. The van der Waals surface area contributed by atoms with Crippen LogP contribution in [0.4, 0.5) is 0 Å². The Morgan fingerprint density at radius 3 is 1.83 bits per heavy atom. The molecule has 16 nitrogen and oxygen atoms in total. The zero-order chi connectivity index (χ0) is 57.4. The highest BCUT2D eigenvalue weighted by Gasteiger charge is 2.45. The normalized spacial score (nSPS) is 21.0. The summed E-state index contributed by atoms with van der Waals surface area (Å²) in [7, 11) is 3.40. The summed E-state index contributed by atoms with van der Waals surface area (Å²) >= 11 is 0. The number of amides is 6. The van der Waals surface area contributed by atoms with Crippen molar-refractivity contribution in [2.45, 2.75) is 160 Å². The summed E-state index contributed by atoms with van der Waals surface area (Å²) in [6.45, 7) is 10.1. The van der Waals surface area contributed by atoms with E-state index in [0.29, 0.717) is 24.2 Å². The number of ether oxygens (including phenoxy) is 1. The molecule has 0 radical (unpaired) electrons. The molecule has 4 aliphatic rings. The summed E-state index contributed by atoms with van der Waals surface area (Å²) in [6, 6.07) is 35.1. The van der Waals surface area contributed by atoms with E-state index >= 15 is 0 Å². The standard InChI is InChI=1S/C65H81N9O7/c1-40(66-6)59(75)71-55(63(79)73-37-48-19-9-8-18-47(48)35-56(73)62(78)70-54-25-15-21-45-17-11-13-23-52(45)54)34-42-28-32-50(33-29-42)81-39-43-26-30-46(31-27-43)61(77)68-49-36-57(69-53-24-14-20-44-16-10-12-22-51(44)53)74(38-49)64(80)58(65(3,4)5)72-60(76)41(2)67-7/h8-13,16-19,22-23,26-33,40-41,49,53-58,66-67,69H,14-15,20-21,24-25,34-39H2,1-7H3,(H,68,77)(H,70,78)(H,71,75)(H,72,76)/t40-,41-,49-,53+,54+,55-,56?,57?,58+/m0/s1. The molecule has 2 heterocycles. The molecule has 6 amide bonds. The van der Waals surface area contributed by atoms with Gasteiger partial charge >= 0.3 is 0 Å². The van der Waals surface area contributed by atoms with Crippen molar-refractivity contribution in [1.29, 1.82) is 0 Å². The second-order valence-electron chi connectivity index (χ2n) is 23.6. The molecule has 0 aromatic heterocycles. The number of rotatable bonds is 19. The van der Waals surface area contributed by atoms with Crippen LogP contribution in [0.2, 0.25) is 0 Å². The number of fused-ring (bicyclic) bond motifs is 3. The molecule has 7 N–H and O–H groups in total. The van der Waals surface area contributed by atoms with Gasteiger partial charge in [0, 0.05) is 44.0 Å². The molecule has 81 heavy (non-hydrogen) atoms. The number of aryl methyl sites for hydroxylation is 2. The van der Waals surface area contributed by atoms with Gasteiger partial charge in [0.2, 0.25) is 29.5 Å². The fourth-order valence-corrected chi connectivity index (χ4v) is 11.8. The predicted molar refractivity (Wildman–Crippen MR) is 313 cm³/mol. The van der Waals surface area contributed by atoms with Crippen molar-refractivity contribution < 1.29 is 33.5 Å². The lowest BCUT2D eigenvalue weighted by Crippen LogP contribution is -2.60. The monoisotopic (exact) mass is 1100 g/mol. The van der Waals surface area contributed by atoms with Gasteiger partial charge in [-0.2, -0.15) is 0 Å². The molecule has 2 aliphatic carbocycles. The number of likely N-dealkylation sites (N-methyl/N-ethyl adjacent to an activating group) is 2. The Balaban J connectivity index is 0.842. The highest BCUT2D eigenvalue weighted by Crippen LogP contribution is 2.34. The number of nitrogens with one attached hydrogen (secondary N) is 7. The molecule has 1 fully saturated rings. The third-order valence-electron chi connectivity index (χ3n) is 16.9. The van der Waals surface area contributed by atoms with E-state index in [-0.39, 0.29) is 85.9 Å².